The van der Waals surface area contributed by atoms with Crippen LogP contribution in [0.4, 0.5) is 0 Å². The van der Waals surface area contributed by atoms with Gasteiger partial charge in [-0.25, -0.2) is 4.79 Å². The number of carboxylic acid groups (broad SMARTS) is 1. The lowest BCUT2D eigenvalue weighted by atomic mass is 10.0. The van der Waals surface area contributed by atoms with E-state index < -0.39 is 47.9 Å². The molecule has 1 aromatic rings. The van der Waals surface area contributed by atoms with Crippen LogP contribution in [-0.4, -0.2) is 89.1 Å². The summed E-state index contributed by atoms with van der Waals surface area (Å²) in [6.45, 7) is 0.670. The Bertz CT molecular complexity index is 1010. The van der Waals surface area contributed by atoms with Crippen LogP contribution >= 0.6 is 11.8 Å². The van der Waals surface area contributed by atoms with E-state index >= 15 is 0 Å². The van der Waals surface area contributed by atoms with Crippen LogP contribution < -0.4 is 38.9 Å². The number of amides is 3. The molecule has 0 saturated carbocycles. The van der Waals surface area contributed by atoms with Gasteiger partial charge in [0, 0.05) is 13.0 Å². The topological polar surface area (TPSA) is 261 Å². The fraction of sp³-hybridized carbons (Fsp3) is 0.577. The Morgan fingerprint density at radius 2 is 1.49 bits per heavy atom. The predicted molar refractivity (Wildman–Crippen MR) is 159 cm³/mol. The third-order valence-corrected chi connectivity index (χ3v) is 6.76. The molecule has 230 valence electrons. The molecular weight excluding hydrogens is 552 g/mol. The molecule has 1 rings (SSSR count). The zero-order valence-electron chi connectivity index (χ0n) is 23.4. The van der Waals surface area contributed by atoms with Gasteiger partial charge >= 0.3 is 5.97 Å². The van der Waals surface area contributed by atoms with E-state index in [0.29, 0.717) is 37.1 Å². The summed E-state index contributed by atoms with van der Waals surface area (Å²) in [5.74, 6) is -2.57. The zero-order chi connectivity index (χ0) is 30.8. The van der Waals surface area contributed by atoms with Gasteiger partial charge in [0.1, 0.15) is 23.9 Å². The lowest BCUT2D eigenvalue weighted by molar-refractivity contribution is -0.142. The molecule has 0 bridgehead atoms. The number of aromatic hydroxyl groups is 1. The number of nitrogens with one attached hydrogen (secondary N) is 3. The number of aliphatic carboxylic acids is 1. The third-order valence-electron chi connectivity index (χ3n) is 6.12. The summed E-state index contributed by atoms with van der Waals surface area (Å²) < 4.78 is 0. The molecule has 0 fully saturated rings. The number of aliphatic imine (C=N–C) groups is 1. The number of thioether (sulfide) groups is 1. The molecule has 3 amide bonds. The van der Waals surface area contributed by atoms with Gasteiger partial charge < -0.3 is 49.1 Å². The molecule has 0 heterocycles. The zero-order valence-corrected chi connectivity index (χ0v) is 24.2. The number of benzene rings is 1. The maximum Gasteiger partial charge on any atom is 0.326 e. The van der Waals surface area contributed by atoms with E-state index in [1.165, 1.54) is 23.9 Å². The quantitative estimate of drug-likeness (QED) is 0.0487. The highest BCUT2D eigenvalue weighted by atomic mass is 32.2. The van der Waals surface area contributed by atoms with E-state index in [9.17, 15) is 29.4 Å². The van der Waals surface area contributed by atoms with Gasteiger partial charge in [-0.3, -0.25) is 19.4 Å². The minimum Gasteiger partial charge on any atom is -0.508 e. The number of nitrogens with two attached hydrogens (primary N) is 4. The molecule has 0 saturated heterocycles. The van der Waals surface area contributed by atoms with Gasteiger partial charge in [0.2, 0.25) is 17.7 Å². The van der Waals surface area contributed by atoms with Gasteiger partial charge in [-0.2, -0.15) is 11.8 Å². The number of carbonyl (C=O) groups is 4. The summed E-state index contributed by atoms with van der Waals surface area (Å²) in [4.78, 5) is 55.0. The second-order valence-corrected chi connectivity index (χ2v) is 10.5. The third kappa shape index (κ3) is 14.6. The van der Waals surface area contributed by atoms with Gasteiger partial charge in [-0.15, -0.1) is 0 Å². The first-order valence-electron chi connectivity index (χ1n) is 13.4. The van der Waals surface area contributed by atoms with Crippen LogP contribution in [0.15, 0.2) is 29.3 Å². The van der Waals surface area contributed by atoms with Crippen molar-refractivity contribution in [2.75, 3.05) is 25.1 Å². The van der Waals surface area contributed by atoms with Crippen LogP contribution in [0.2, 0.25) is 0 Å². The van der Waals surface area contributed by atoms with E-state index in [4.69, 9.17) is 22.9 Å². The van der Waals surface area contributed by atoms with E-state index in [1.807, 2.05) is 6.26 Å². The number of unbranched alkanes of at least 4 members (excludes halogenated alkanes) is 1. The molecule has 0 aliphatic heterocycles. The van der Waals surface area contributed by atoms with Crippen molar-refractivity contribution in [1.82, 2.24) is 16.0 Å². The molecule has 0 spiro atoms. The summed E-state index contributed by atoms with van der Waals surface area (Å²) in [6, 6.07) is 1.86. The first-order valence-corrected chi connectivity index (χ1v) is 14.8. The molecule has 1 aromatic carbocycles. The van der Waals surface area contributed by atoms with Crippen LogP contribution in [0, 0.1) is 0 Å². The maximum atomic E-state index is 13.5. The van der Waals surface area contributed by atoms with Crippen molar-refractivity contribution in [3.8, 4) is 5.75 Å². The second-order valence-electron chi connectivity index (χ2n) is 9.51. The van der Waals surface area contributed by atoms with Gasteiger partial charge in [-0.05, 0) is 74.8 Å². The van der Waals surface area contributed by atoms with Crippen molar-refractivity contribution >= 4 is 41.4 Å². The SMILES string of the molecule is CSCCC(NC(=O)C(CCCCN)NC(=O)C(Cc1ccc(O)cc1)NC(=O)C(N)CCCN=C(N)N)C(=O)O. The van der Waals surface area contributed by atoms with E-state index in [0.717, 1.165) is 0 Å². The molecule has 4 atom stereocenters. The fourth-order valence-electron chi connectivity index (χ4n) is 3.81. The molecule has 0 radical (unpaired) electrons. The molecule has 4 unspecified atom stereocenters. The number of nitrogens with zero attached hydrogens (tertiary/aromatic N) is 1. The fourth-order valence-corrected chi connectivity index (χ4v) is 4.28. The number of phenols is 1. The van der Waals surface area contributed by atoms with Crippen molar-refractivity contribution < 1.29 is 29.4 Å². The van der Waals surface area contributed by atoms with Crippen molar-refractivity contribution in [3.63, 3.8) is 0 Å². The monoisotopic (exact) mass is 596 g/mol. The highest BCUT2D eigenvalue weighted by molar-refractivity contribution is 7.98. The van der Waals surface area contributed by atoms with Crippen molar-refractivity contribution in [3.05, 3.63) is 29.8 Å². The number of hydrogen-bond donors (Lipinski definition) is 9. The van der Waals surface area contributed by atoms with E-state index in [-0.39, 0.29) is 43.9 Å². The Morgan fingerprint density at radius 3 is 2.07 bits per heavy atom. The normalized spacial score (nSPS) is 13.7. The van der Waals surface area contributed by atoms with Crippen molar-refractivity contribution in [2.45, 2.75) is 69.1 Å². The van der Waals surface area contributed by atoms with Crippen LogP contribution in [0.3, 0.4) is 0 Å². The average Bonchev–Trinajstić information content (AvgIpc) is 2.92. The summed E-state index contributed by atoms with van der Waals surface area (Å²) in [7, 11) is 0. The van der Waals surface area contributed by atoms with E-state index in [1.54, 1.807) is 12.1 Å². The molecular formula is C26H44N8O6S. The first-order chi connectivity index (χ1) is 19.5. The number of carbonyl (C=O) groups excluding carboxylic acids is 3. The van der Waals surface area contributed by atoms with Crippen LogP contribution in [-0.2, 0) is 25.6 Å². The average molecular weight is 597 g/mol. The Labute approximate surface area is 244 Å². The van der Waals surface area contributed by atoms with Crippen LogP contribution in [0.25, 0.3) is 0 Å². The van der Waals surface area contributed by atoms with Crippen LogP contribution in [0.1, 0.15) is 44.1 Å². The summed E-state index contributed by atoms with van der Waals surface area (Å²) >= 11 is 1.45. The number of hydrogen-bond acceptors (Lipinski definition) is 9. The Kier molecular flexibility index (Phi) is 16.9. The summed E-state index contributed by atoms with van der Waals surface area (Å²) in [5.41, 5.74) is 22.9. The molecule has 15 heteroatoms. The lowest BCUT2D eigenvalue weighted by Gasteiger charge is -2.25. The van der Waals surface area contributed by atoms with Gasteiger partial charge in [0.15, 0.2) is 5.96 Å². The predicted octanol–water partition coefficient (Wildman–Crippen LogP) is -1.26. The number of guanidine groups is 1. The minimum absolute atomic E-state index is 0.0349. The molecule has 14 nitrogen and oxygen atoms in total. The van der Waals surface area contributed by atoms with Gasteiger partial charge in [0.25, 0.3) is 0 Å². The molecule has 0 aliphatic rings. The van der Waals surface area contributed by atoms with Crippen molar-refractivity contribution in [2.24, 2.45) is 27.9 Å². The molecule has 13 N–H and O–H groups in total. The number of phenolic OH excluding ortho intramolecular Hbond substituents is 1. The first kappa shape index (κ1) is 35.5. The number of rotatable bonds is 20. The Balaban J connectivity index is 3.09. The summed E-state index contributed by atoms with van der Waals surface area (Å²) in [6.07, 6.45) is 4.10. The largest absolute Gasteiger partial charge is 0.508 e. The number of carboxylic acids is 1. The smallest absolute Gasteiger partial charge is 0.326 e. The van der Waals surface area contributed by atoms with Gasteiger partial charge in [0.05, 0.1) is 6.04 Å². The molecule has 0 aliphatic carbocycles. The van der Waals surface area contributed by atoms with E-state index in [2.05, 4.69) is 20.9 Å². The highest BCUT2D eigenvalue weighted by Gasteiger charge is 2.30. The maximum absolute atomic E-state index is 13.5. The molecule has 41 heavy (non-hydrogen) atoms. The van der Waals surface area contributed by atoms with Crippen LogP contribution in [0.5, 0.6) is 5.75 Å². The van der Waals surface area contributed by atoms with Crippen molar-refractivity contribution in [1.29, 1.82) is 0 Å². The Morgan fingerprint density at radius 1 is 0.878 bits per heavy atom. The standard InChI is InChI=1S/C26H44N8O6S/c1-41-14-11-20(25(39)40)33-23(37)19(6-2-3-12-27)32-24(38)21(15-16-7-9-17(35)10-8-16)34-22(36)18(28)5-4-13-31-26(29)30/h7-10,18-21,35H,2-6,11-15,27-28H2,1H3,(H,32,38)(H,33,37)(H,34,36)(H,39,40)(H4,29,30,31). The lowest BCUT2D eigenvalue weighted by Crippen LogP contribution is -2.57. The molecule has 0 aromatic heterocycles. The minimum atomic E-state index is -1.18. The highest BCUT2D eigenvalue weighted by Crippen LogP contribution is 2.13. The summed E-state index contributed by atoms with van der Waals surface area (Å²) in [5, 5.41) is 27.0. The van der Waals surface area contributed by atoms with Gasteiger partial charge in [-0.1, -0.05) is 12.1 Å². The Hall–Kier alpha value is -3.56. The second kappa shape index (κ2) is 19.5.